The maximum absolute atomic E-state index is 12.6. The van der Waals surface area contributed by atoms with Crippen LogP contribution in [0.25, 0.3) is 10.2 Å². The number of piperazine rings is 1. The summed E-state index contributed by atoms with van der Waals surface area (Å²) in [6.07, 6.45) is 0. The Labute approximate surface area is 164 Å². The quantitative estimate of drug-likeness (QED) is 0.636. The van der Waals surface area contributed by atoms with Crippen molar-refractivity contribution >= 4 is 48.5 Å². The van der Waals surface area contributed by atoms with Crippen LogP contribution in [0.5, 0.6) is 0 Å². The highest BCUT2D eigenvalue weighted by Gasteiger charge is 2.23. The zero-order valence-electron chi connectivity index (χ0n) is 14.8. The molecule has 1 aliphatic rings. The molecule has 0 bridgehead atoms. The van der Waals surface area contributed by atoms with Crippen LogP contribution >= 0.6 is 27.3 Å². The third-order valence-electron chi connectivity index (χ3n) is 4.63. The lowest BCUT2D eigenvalue weighted by atomic mass is 10.3. The maximum Gasteiger partial charge on any atom is 0.244 e. The number of hydrogen-bond acceptors (Lipinski definition) is 5. The molecule has 1 saturated heterocycles. The van der Waals surface area contributed by atoms with Gasteiger partial charge in [0.25, 0.3) is 0 Å². The number of aryl methyl sites for hydroxylation is 2. The van der Waals surface area contributed by atoms with Gasteiger partial charge in [0.1, 0.15) is 6.54 Å². The van der Waals surface area contributed by atoms with E-state index in [1.807, 2.05) is 36.9 Å². The van der Waals surface area contributed by atoms with Crippen LogP contribution in [0, 0.1) is 13.8 Å². The van der Waals surface area contributed by atoms with E-state index < -0.39 is 0 Å². The number of aromatic nitrogens is 3. The lowest BCUT2D eigenvalue weighted by molar-refractivity contribution is -0.132. The van der Waals surface area contributed by atoms with Crippen molar-refractivity contribution in [2.75, 3.05) is 31.1 Å². The molecule has 0 atom stereocenters. The molecule has 1 amide bonds. The van der Waals surface area contributed by atoms with Crippen molar-refractivity contribution in [2.24, 2.45) is 0 Å². The van der Waals surface area contributed by atoms with Crippen molar-refractivity contribution < 1.29 is 4.79 Å². The molecular formula is C18H20BrN5OS. The summed E-state index contributed by atoms with van der Waals surface area (Å²) in [7, 11) is 0. The highest BCUT2D eigenvalue weighted by Crippen LogP contribution is 2.31. The fourth-order valence-corrected chi connectivity index (χ4v) is 4.80. The van der Waals surface area contributed by atoms with Crippen LogP contribution in [0.2, 0.25) is 0 Å². The van der Waals surface area contributed by atoms with Crippen molar-refractivity contribution in [2.45, 2.75) is 20.4 Å². The molecule has 4 rings (SSSR count). The molecule has 0 radical (unpaired) electrons. The van der Waals surface area contributed by atoms with E-state index in [9.17, 15) is 4.79 Å². The Bertz CT molecular complexity index is 958. The van der Waals surface area contributed by atoms with Gasteiger partial charge in [-0.2, -0.15) is 5.10 Å². The van der Waals surface area contributed by atoms with Crippen LogP contribution in [0.4, 0.5) is 5.13 Å². The van der Waals surface area contributed by atoms with E-state index in [0.29, 0.717) is 6.54 Å². The first kappa shape index (κ1) is 17.5. The molecule has 8 heteroatoms. The second-order valence-electron chi connectivity index (χ2n) is 6.56. The summed E-state index contributed by atoms with van der Waals surface area (Å²) in [5, 5.41) is 5.42. The standard InChI is InChI=1S/C18H20BrN5OS/c1-12-9-13(2)24(21-12)11-17(25)22-5-7-23(8-6-22)18-20-15-4-3-14(19)10-16(15)26-18/h3-4,9-10H,5-8,11H2,1-2H3. The number of nitrogens with zero attached hydrogens (tertiary/aromatic N) is 5. The van der Waals surface area contributed by atoms with E-state index in [2.05, 4.69) is 32.0 Å². The number of carbonyl (C=O) groups excluding carboxylic acids is 1. The fourth-order valence-electron chi connectivity index (χ4n) is 3.23. The fraction of sp³-hybridized carbons (Fsp3) is 0.389. The number of fused-ring (bicyclic) bond motifs is 1. The lowest BCUT2D eigenvalue weighted by Crippen LogP contribution is -2.49. The molecule has 0 unspecified atom stereocenters. The van der Waals surface area contributed by atoms with Gasteiger partial charge in [-0.25, -0.2) is 4.98 Å². The Morgan fingerprint density at radius 2 is 1.96 bits per heavy atom. The van der Waals surface area contributed by atoms with E-state index in [-0.39, 0.29) is 5.91 Å². The van der Waals surface area contributed by atoms with Gasteiger partial charge < -0.3 is 9.80 Å². The minimum atomic E-state index is 0.129. The second kappa shape index (κ2) is 7.00. The number of halogens is 1. The highest BCUT2D eigenvalue weighted by molar-refractivity contribution is 9.10. The molecule has 6 nitrogen and oxygen atoms in total. The zero-order chi connectivity index (χ0) is 18.3. The molecule has 0 saturated carbocycles. The monoisotopic (exact) mass is 433 g/mol. The third-order valence-corrected chi connectivity index (χ3v) is 6.20. The minimum Gasteiger partial charge on any atom is -0.345 e. The lowest BCUT2D eigenvalue weighted by Gasteiger charge is -2.34. The zero-order valence-corrected chi connectivity index (χ0v) is 17.2. The summed E-state index contributed by atoms with van der Waals surface area (Å²) in [5.41, 5.74) is 2.99. The average Bonchev–Trinajstić information content (AvgIpc) is 3.17. The molecular weight excluding hydrogens is 414 g/mol. The molecule has 0 N–H and O–H groups in total. The van der Waals surface area contributed by atoms with E-state index in [1.54, 1.807) is 16.0 Å². The van der Waals surface area contributed by atoms with E-state index >= 15 is 0 Å². The Balaban J connectivity index is 1.40. The Morgan fingerprint density at radius 1 is 1.19 bits per heavy atom. The van der Waals surface area contributed by atoms with Gasteiger partial charge in [-0.15, -0.1) is 0 Å². The van der Waals surface area contributed by atoms with E-state index in [4.69, 9.17) is 4.98 Å². The molecule has 1 fully saturated rings. The second-order valence-corrected chi connectivity index (χ2v) is 8.49. The van der Waals surface area contributed by atoms with Crippen molar-refractivity contribution in [1.29, 1.82) is 0 Å². The number of amides is 1. The predicted molar refractivity (Wildman–Crippen MR) is 108 cm³/mol. The first-order valence-electron chi connectivity index (χ1n) is 8.59. The number of thiazole rings is 1. The summed E-state index contributed by atoms with van der Waals surface area (Å²) in [5.74, 6) is 0.129. The Hall–Kier alpha value is -1.93. The van der Waals surface area contributed by atoms with Gasteiger partial charge in [-0.3, -0.25) is 9.48 Å². The van der Waals surface area contributed by atoms with Gasteiger partial charge in [0.05, 0.1) is 15.9 Å². The summed E-state index contributed by atoms with van der Waals surface area (Å²) in [6.45, 7) is 7.30. The van der Waals surface area contributed by atoms with Crippen LogP contribution in [-0.4, -0.2) is 51.8 Å². The van der Waals surface area contributed by atoms with Crippen molar-refractivity contribution in [3.8, 4) is 0 Å². The van der Waals surface area contributed by atoms with Gasteiger partial charge in [0.15, 0.2) is 5.13 Å². The van der Waals surface area contributed by atoms with Crippen LogP contribution in [0.3, 0.4) is 0 Å². The van der Waals surface area contributed by atoms with Gasteiger partial charge >= 0.3 is 0 Å². The summed E-state index contributed by atoms with van der Waals surface area (Å²) in [4.78, 5) is 21.5. The van der Waals surface area contributed by atoms with Crippen molar-refractivity contribution in [3.63, 3.8) is 0 Å². The smallest absolute Gasteiger partial charge is 0.244 e. The van der Waals surface area contributed by atoms with Crippen LogP contribution < -0.4 is 4.90 Å². The minimum absolute atomic E-state index is 0.129. The first-order valence-corrected chi connectivity index (χ1v) is 10.2. The Kier molecular flexibility index (Phi) is 4.71. The van der Waals surface area contributed by atoms with Crippen LogP contribution in [0.1, 0.15) is 11.4 Å². The first-order chi connectivity index (χ1) is 12.5. The topological polar surface area (TPSA) is 54.3 Å². The molecule has 136 valence electrons. The van der Waals surface area contributed by atoms with E-state index in [1.165, 1.54) is 4.70 Å². The molecule has 3 aromatic rings. The molecule has 0 spiro atoms. The third kappa shape index (κ3) is 3.48. The number of benzene rings is 1. The summed E-state index contributed by atoms with van der Waals surface area (Å²) < 4.78 is 4.03. The molecule has 26 heavy (non-hydrogen) atoms. The predicted octanol–water partition coefficient (Wildman–Crippen LogP) is 3.22. The van der Waals surface area contributed by atoms with Crippen LogP contribution in [-0.2, 0) is 11.3 Å². The van der Waals surface area contributed by atoms with Crippen molar-refractivity contribution in [3.05, 3.63) is 40.1 Å². The SMILES string of the molecule is Cc1cc(C)n(CC(=O)N2CCN(c3nc4ccc(Br)cc4s3)CC2)n1. The highest BCUT2D eigenvalue weighted by atomic mass is 79.9. The van der Waals surface area contributed by atoms with Gasteiger partial charge in [0.2, 0.25) is 5.91 Å². The number of carbonyl (C=O) groups is 1. The van der Waals surface area contributed by atoms with E-state index in [0.717, 1.165) is 52.7 Å². The van der Waals surface area contributed by atoms with Crippen LogP contribution in [0.15, 0.2) is 28.7 Å². The molecule has 0 aliphatic carbocycles. The Morgan fingerprint density at radius 3 is 2.65 bits per heavy atom. The summed E-state index contributed by atoms with van der Waals surface area (Å²) in [6, 6.07) is 8.15. The number of anilines is 1. The van der Waals surface area contributed by atoms with Gasteiger partial charge in [0, 0.05) is 36.3 Å². The number of hydrogen-bond donors (Lipinski definition) is 0. The summed E-state index contributed by atoms with van der Waals surface area (Å²) >= 11 is 5.21. The van der Waals surface area contributed by atoms with Crippen molar-refractivity contribution in [1.82, 2.24) is 19.7 Å². The molecule has 1 aromatic carbocycles. The van der Waals surface area contributed by atoms with Gasteiger partial charge in [-0.1, -0.05) is 27.3 Å². The maximum atomic E-state index is 12.6. The average molecular weight is 434 g/mol. The molecule has 3 heterocycles. The normalized spacial score (nSPS) is 15.0. The van der Waals surface area contributed by atoms with Gasteiger partial charge in [-0.05, 0) is 38.1 Å². The largest absolute Gasteiger partial charge is 0.345 e. The molecule has 1 aliphatic heterocycles. The molecule has 2 aromatic heterocycles. The number of rotatable bonds is 3.